The molecule has 6 aliphatic carbocycles. The summed E-state index contributed by atoms with van der Waals surface area (Å²) in [5, 5.41) is 15.8. The molecule has 0 spiro atoms. The lowest BCUT2D eigenvalue weighted by atomic mass is 8.92. The largest absolute Gasteiger partial charge is 0.481 e. The van der Waals surface area contributed by atoms with Crippen molar-refractivity contribution >= 4 is 11.9 Å². The fourth-order valence-electron chi connectivity index (χ4n) is 6.96. The van der Waals surface area contributed by atoms with E-state index >= 15 is 0 Å². The molecular formula is C13H14N4O3. The van der Waals surface area contributed by atoms with Gasteiger partial charge in [0.15, 0.2) is 0 Å². The third kappa shape index (κ3) is 0.633. The molecule has 6 rings (SSSR count). The van der Waals surface area contributed by atoms with Gasteiger partial charge in [0.05, 0.1) is 10.8 Å². The molecule has 0 radical (unpaired) electrons. The molecule has 6 saturated carbocycles. The summed E-state index contributed by atoms with van der Waals surface area (Å²) in [6.07, 6.45) is 0.654. The van der Waals surface area contributed by atoms with Crippen molar-refractivity contribution in [2.45, 2.75) is 6.42 Å². The smallest absolute Gasteiger partial charge is 0.310 e. The number of hydrogen-bond acceptors (Lipinski definition) is 3. The average Bonchev–Trinajstić information content (AvgIpc) is 2.46. The number of amides is 1. The summed E-state index contributed by atoms with van der Waals surface area (Å²) in [7, 11) is 0. The highest BCUT2D eigenvalue weighted by Crippen LogP contribution is 3.10. The lowest BCUT2D eigenvalue weighted by Crippen LogP contribution is -3.12. The highest BCUT2D eigenvalue weighted by atomic mass is 16.4. The molecule has 0 aliphatic heterocycles. The molecule has 0 bridgehead atoms. The monoisotopic (exact) mass is 274 g/mol. The minimum atomic E-state index is -0.621. The Kier molecular flexibility index (Phi) is 1.54. The number of carboxylic acid groups (broad SMARTS) is 1. The van der Waals surface area contributed by atoms with E-state index in [1.807, 2.05) is 0 Å². The van der Waals surface area contributed by atoms with E-state index in [1.165, 1.54) is 0 Å². The third-order valence-electron chi connectivity index (χ3n) is 7.18. The highest BCUT2D eigenvalue weighted by molar-refractivity contribution is 5.98. The van der Waals surface area contributed by atoms with E-state index in [0.717, 1.165) is 0 Å². The van der Waals surface area contributed by atoms with Gasteiger partial charge in [-0.1, -0.05) is 5.11 Å². The van der Waals surface area contributed by atoms with Crippen LogP contribution in [0.3, 0.4) is 0 Å². The number of carbonyl (C=O) groups is 2. The van der Waals surface area contributed by atoms with Crippen molar-refractivity contribution in [3.63, 3.8) is 0 Å². The molecule has 7 nitrogen and oxygen atoms in total. The fourth-order valence-corrected chi connectivity index (χ4v) is 6.96. The summed E-state index contributed by atoms with van der Waals surface area (Å²) in [5.41, 5.74) is 7.58. The second kappa shape index (κ2) is 2.81. The third-order valence-corrected chi connectivity index (χ3v) is 7.18. The van der Waals surface area contributed by atoms with Crippen LogP contribution in [-0.2, 0) is 9.59 Å². The van der Waals surface area contributed by atoms with Crippen LogP contribution in [0.5, 0.6) is 0 Å². The van der Waals surface area contributed by atoms with Crippen LogP contribution in [0.1, 0.15) is 6.42 Å². The Morgan fingerprint density at radius 3 is 2.20 bits per heavy atom. The average molecular weight is 274 g/mol. The van der Waals surface area contributed by atoms with Crippen LogP contribution in [0.4, 0.5) is 0 Å². The van der Waals surface area contributed by atoms with Gasteiger partial charge in [-0.05, 0) is 47.5 Å². The lowest BCUT2D eigenvalue weighted by Gasteiger charge is -3.09. The molecule has 7 heteroatoms. The lowest BCUT2D eigenvalue weighted by molar-refractivity contribution is -0.626. The molecule has 0 aromatic rings. The molecule has 0 aromatic carbocycles. The molecule has 0 saturated heterocycles. The van der Waals surface area contributed by atoms with Crippen molar-refractivity contribution in [3.8, 4) is 0 Å². The molecule has 0 aromatic heterocycles. The molecular weight excluding hydrogens is 260 g/mol. The number of carboxylic acids is 1. The van der Waals surface area contributed by atoms with Crippen LogP contribution in [0, 0.1) is 46.3 Å². The Labute approximate surface area is 114 Å². The van der Waals surface area contributed by atoms with E-state index in [-0.39, 0.29) is 11.3 Å². The summed E-state index contributed by atoms with van der Waals surface area (Å²) in [4.78, 5) is 26.4. The maximum absolute atomic E-state index is 12.4. The van der Waals surface area contributed by atoms with Gasteiger partial charge in [0.2, 0.25) is 5.91 Å². The van der Waals surface area contributed by atoms with Crippen LogP contribution in [0.2, 0.25) is 0 Å². The maximum Gasteiger partial charge on any atom is 0.310 e. The van der Waals surface area contributed by atoms with Gasteiger partial charge in [0, 0.05) is 18.0 Å². The molecule has 0 atom stereocenters. The van der Waals surface area contributed by atoms with Gasteiger partial charge in [-0.25, -0.2) is 0 Å². The normalized spacial score (nSPS) is 56.6. The minimum absolute atomic E-state index is 0.126. The number of hydrogen-bond donors (Lipinski definition) is 2. The van der Waals surface area contributed by atoms with Gasteiger partial charge in [-0.15, -0.1) is 0 Å². The Morgan fingerprint density at radius 2 is 1.70 bits per heavy atom. The number of carbonyl (C=O) groups excluding carboxylic acids is 1. The molecule has 6 fully saturated rings. The Bertz CT molecular complexity index is 570. The zero-order valence-corrected chi connectivity index (χ0v) is 10.7. The molecule has 0 heterocycles. The first kappa shape index (κ1) is 11.0. The van der Waals surface area contributed by atoms with Crippen LogP contribution in [0.25, 0.3) is 10.4 Å². The van der Waals surface area contributed by atoms with Crippen molar-refractivity contribution in [2.24, 2.45) is 51.5 Å². The first-order valence-corrected chi connectivity index (χ1v) is 7.18. The molecule has 104 valence electrons. The molecule has 0 unspecified atom stereocenters. The fraction of sp³-hybridized carbons (Fsp3) is 0.846. The number of aliphatic carboxylic acids is 1. The second-order valence-corrected chi connectivity index (χ2v) is 6.89. The topological polar surface area (TPSA) is 115 Å². The van der Waals surface area contributed by atoms with Crippen molar-refractivity contribution in [2.75, 3.05) is 13.1 Å². The summed E-state index contributed by atoms with van der Waals surface area (Å²) < 4.78 is 0. The van der Waals surface area contributed by atoms with Crippen molar-refractivity contribution < 1.29 is 14.7 Å². The first-order chi connectivity index (χ1) is 9.66. The van der Waals surface area contributed by atoms with E-state index in [0.29, 0.717) is 55.0 Å². The maximum atomic E-state index is 12.4. The van der Waals surface area contributed by atoms with Gasteiger partial charge in [-0.3, -0.25) is 9.59 Å². The van der Waals surface area contributed by atoms with E-state index in [1.54, 1.807) is 0 Å². The number of nitrogens with zero attached hydrogens (tertiary/aromatic N) is 3. The summed E-state index contributed by atoms with van der Waals surface area (Å²) in [6, 6.07) is 0. The zero-order chi connectivity index (χ0) is 13.9. The predicted molar refractivity (Wildman–Crippen MR) is 65.1 cm³/mol. The molecule has 2 N–H and O–H groups in total. The van der Waals surface area contributed by atoms with Crippen LogP contribution < -0.4 is 5.32 Å². The molecule has 20 heavy (non-hydrogen) atoms. The van der Waals surface area contributed by atoms with Gasteiger partial charge in [-0.2, -0.15) is 0 Å². The Balaban J connectivity index is 1.24. The second-order valence-electron chi connectivity index (χ2n) is 6.89. The van der Waals surface area contributed by atoms with E-state index in [2.05, 4.69) is 15.3 Å². The SMILES string of the molecule is [N-]=[N+]=NCCCNC(=O)C12C3C4C1C1C2C3C41C(=O)O. The first-order valence-electron chi connectivity index (χ1n) is 7.18. The quantitative estimate of drug-likeness (QED) is 0.320. The summed E-state index contributed by atoms with van der Waals surface area (Å²) >= 11 is 0. The van der Waals surface area contributed by atoms with Gasteiger partial charge in [0.25, 0.3) is 0 Å². The standard InChI is InChI=1S/C13H14N4O3/c14-17-16-3-1-2-15-10(18)12-4-7-5(12)9-6(12)8(4)13(7,9)11(19)20/h4-9H,1-3H2,(H,15,18)(H,19,20). The Hall–Kier alpha value is -1.75. The van der Waals surface area contributed by atoms with Crippen molar-refractivity contribution in [1.29, 1.82) is 0 Å². The number of rotatable bonds is 6. The number of azide groups is 1. The van der Waals surface area contributed by atoms with Crippen LogP contribution in [0.15, 0.2) is 5.11 Å². The zero-order valence-electron chi connectivity index (χ0n) is 10.7. The predicted octanol–water partition coefficient (Wildman–Crippen LogP) is 0.626. The van der Waals surface area contributed by atoms with Crippen LogP contribution in [-0.4, -0.2) is 30.1 Å². The van der Waals surface area contributed by atoms with Crippen LogP contribution >= 0.6 is 0 Å². The van der Waals surface area contributed by atoms with E-state index in [9.17, 15) is 14.7 Å². The van der Waals surface area contributed by atoms with Gasteiger partial charge in [0.1, 0.15) is 0 Å². The summed E-state index contributed by atoms with van der Waals surface area (Å²) in [5.74, 6) is 1.48. The van der Waals surface area contributed by atoms with E-state index < -0.39 is 11.4 Å². The van der Waals surface area contributed by atoms with Gasteiger partial charge >= 0.3 is 5.97 Å². The molecule has 1 amide bonds. The van der Waals surface area contributed by atoms with Gasteiger partial charge < -0.3 is 10.4 Å². The molecule has 6 aliphatic rings. The van der Waals surface area contributed by atoms with E-state index in [4.69, 9.17) is 5.53 Å². The van der Waals surface area contributed by atoms with Crippen molar-refractivity contribution in [1.82, 2.24) is 5.32 Å². The summed E-state index contributed by atoms with van der Waals surface area (Å²) in [6.45, 7) is 0.936. The number of nitrogens with one attached hydrogen (secondary N) is 1. The van der Waals surface area contributed by atoms with Crippen molar-refractivity contribution in [3.05, 3.63) is 10.4 Å². The Morgan fingerprint density at radius 1 is 1.15 bits per heavy atom. The highest BCUT2D eigenvalue weighted by Gasteiger charge is 3.13. The minimum Gasteiger partial charge on any atom is -0.481 e.